The highest BCUT2D eigenvalue weighted by Gasteiger charge is 2.57. The molecule has 10 nitrogen and oxygen atoms in total. The van der Waals surface area contributed by atoms with Gasteiger partial charge in [-0.25, -0.2) is 4.90 Å². The number of fused-ring (bicyclic) bond motifs is 1. The van der Waals surface area contributed by atoms with Gasteiger partial charge in [0.15, 0.2) is 0 Å². The van der Waals surface area contributed by atoms with Gasteiger partial charge in [0.1, 0.15) is 23.1 Å². The van der Waals surface area contributed by atoms with Gasteiger partial charge in [0.05, 0.1) is 30.4 Å². The number of methoxy groups -OCH3 is 2. The van der Waals surface area contributed by atoms with Crippen molar-refractivity contribution in [1.29, 1.82) is 0 Å². The lowest BCUT2D eigenvalue weighted by Gasteiger charge is -2.18. The minimum Gasteiger partial charge on any atom is -0.497 e. The number of nitro groups is 1. The number of nitrogens with zero attached hydrogens (tertiary/aromatic N) is 3. The molecule has 0 N–H and O–H groups in total. The number of ether oxygens (including phenoxy) is 2. The summed E-state index contributed by atoms with van der Waals surface area (Å²) in [5.74, 6) is -1.22. The molecule has 2 aliphatic heterocycles. The summed E-state index contributed by atoms with van der Waals surface area (Å²) in [5.41, 5.74) is 0.924. The topological polar surface area (TPSA) is 121 Å². The molecule has 154 valence electrons. The van der Waals surface area contributed by atoms with Gasteiger partial charge in [0.25, 0.3) is 11.6 Å². The van der Waals surface area contributed by atoms with Gasteiger partial charge in [0, 0.05) is 17.7 Å². The van der Waals surface area contributed by atoms with E-state index < -0.39 is 28.8 Å². The number of amides is 2. The minimum absolute atomic E-state index is 0.151. The zero-order valence-electron chi connectivity index (χ0n) is 16.3. The third kappa shape index (κ3) is 2.76. The lowest BCUT2D eigenvalue weighted by molar-refractivity contribution is -0.385. The average Bonchev–Trinajstić information content (AvgIpc) is 3.28. The fourth-order valence-corrected chi connectivity index (χ4v) is 3.70. The molecule has 0 radical (unpaired) electrons. The first-order chi connectivity index (χ1) is 14.4. The Balaban J connectivity index is 1.75. The van der Waals surface area contributed by atoms with Crippen LogP contribution in [0.25, 0.3) is 0 Å². The van der Waals surface area contributed by atoms with Crippen LogP contribution in [0.15, 0.2) is 41.6 Å². The predicted octanol–water partition coefficient (Wildman–Crippen LogP) is 2.21. The Morgan fingerprint density at radius 2 is 1.90 bits per heavy atom. The number of imide groups is 1. The molecule has 0 aliphatic carbocycles. The van der Waals surface area contributed by atoms with E-state index in [0.717, 1.165) is 4.90 Å². The van der Waals surface area contributed by atoms with Crippen molar-refractivity contribution >= 4 is 28.9 Å². The van der Waals surface area contributed by atoms with E-state index in [4.69, 9.17) is 14.3 Å². The van der Waals surface area contributed by atoms with Crippen molar-refractivity contribution in [3.8, 4) is 11.5 Å². The monoisotopic (exact) mass is 411 g/mol. The smallest absolute Gasteiger partial charge is 0.278 e. The standard InChI is InChI=1S/C20H17N3O7/c1-10-13(5-4-6-14(10)23(26)27)22-19(24)16-17(21-30-18(16)20(22)25)12-8-7-11(28-2)9-15(12)29-3/h4-9,16,18H,1-3H3/t16-,18-/m1/s1. The molecule has 0 saturated carbocycles. The Hall–Kier alpha value is -3.95. The highest BCUT2D eigenvalue weighted by molar-refractivity contribution is 6.33. The molecule has 0 bridgehead atoms. The molecule has 2 atom stereocenters. The summed E-state index contributed by atoms with van der Waals surface area (Å²) in [7, 11) is 2.98. The number of anilines is 1. The lowest BCUT2D eigenvalue weighted by atomic mass is 9.93. The molecular formula is C20H17N3O7. The average molecular weight is 411 g/mol. The summed E-state index contributed by atoms with van der Waals surface area (Å²) in [5, 5.41) is 15.2. The normalized spacial score (nSPS) is 20.0. The van der Waals surface area contributed by atoms with Crippen LogP contribution in [0.3, 0.4) is 0 Å². The first-order valence-corrected chi connectivity index (χ1v) is 8.97. The molecule has 10 heteroatoms. The Morgan fingerprint density at radius 3 is 2.57 bits per heavy atom. The van der Waals surface area contributed by atoms with Crippen molar-refractivity contribution in [2.24, 2.45) is 11.1 Å². The molecule has 2 aromatic carbocycles. The molecule has 2 heterocycles. The van der Waals surface area contributed by atoms with E-state index in [1.807, 2.05) is 0 Å². The molecule has 4 rings (SSSR count). The van der Waals surface area contributed by atoms with Crippen LogP contribution < -0.4 is 14.4 Å². The number of carbonyl (C=O) groups excluding carboxylic acids is 2. The van der Waals surface area contributed by atoms with Gasteiger partial charge in [0.2, 0.25) is 12.0 Å². The molecular weight excluding hydrogens is 394 g/mol. The molecule has 1 fully saturated rings. The summed E-state index contributed by atoms with van der Waals surface area (Å²) >= 11 is 0. The number of hydrogen-bond donors (Lipinski definition) is 0. The maximum Gasteiger partial charge on any atom is 0.278 e. The molecule has 2 aromatic rings. The van der Waals surface area contributed by atoms with Crippen LogP contribution in [0, 0.1) is 23.0 Å². The number of carbonyl (C=O) groups is 2. The van der Waals surface area contributed by atoms with Gasteiger partial charge in [-0.1, -0.05) is 11.2 Å². The second-order valence-corrected chi connectivity index (χ2v) is 6.74. The Bertz CT molecular complexity index is 1110. The van der Waals surface area contributed by atoms with Crippen LogP contribution in [0.1, 0.15) is 11.1 Å². The van der Waals surface area contributed by atoms with Gasteiger partial charge in [-0.2, -0.15) is 0 Å². The summed E-state index contributed by atoms with van der Waals surface area (Å²) in [6, 6.07) is 9.21. The second kappa shape index (κ2) is 7.14. The SMILES string of the molecule is COc1ccc(C2=NO[C@H]3C(=O)N(c4cccc([N+](=O)[O-])c4C)C(=O)[C@H]23)c(OC)c1. The van der Waals surface area contributed by atoms with Crippen LogP contribution in [0.2, 0.25) is 0 Å². The zero-order chi connectivity index (χ0) is 21.6. The van der Waals surface area contributed by atoms with Crippen molar-refractivity contribution in [1.82, 2.24) is 0 Å². The quantitative estimate of drug-likeness (QED) is 0.420. The fourth-order valence-electron chi connectivity index (χ4n) is 3.70. The maximum absolute atomic E-state index is 13.2. The number of nitro benzene ring substituents is 1. The maximum atomic E-state index is 13.2. The summed E-state index contributed by atoms with van der Waals surface area (Å²) in [6.07, 6.45) is -1.14. The highest BCUT2D eigenvalue weighted by atomic mass is 16.7. The van der Waals surface area contributed by atoms with Crippen LogP contribution in [-0.2, 0) is 14.4 Å². The van der Waals surface area contributed by atoms with E-state index in [1.165, 1.54) is 39.3 Å². The number of oxime groups is 1. The Kier molecular flexibility index (Phi) is 4.61. The zero-order valence-corrected chi connectivity index (χ0v) is 16.3. The van der Waals surface area contributed by atoms with E-state index in [9.17, 15) is 19.7 Å². The molecule has 30 heavy (non-hydrogen) atoms. The van der Waals surface area contributed by atoms with Crippen LogP contribution in [-0.4, -0.2) is 42.8 Å². The second-order valence-electron chi connectivity index (χ2n) is 6.74. The van der Waals surface area contributed by atoms with Gasteiger partial charge in [-0.3, -0.25) is 19.7 Å². The molecule has 2 aliphatic rings. The van der Waals surface area contributed by atoms with Crippen LogP contribution in [0.4, 0.5) is 11.4 Å². The van der Waals surface area contributed by atoms with Crippen LogP contribution >= 0.6 is 0 Å². The summed E-state index contributed by atoms with van der Waals surface area (Å²) in [4.78, 5) is 43.1. The van der Waals surface area contributed by atoms with Gasteiger partial charge in [-0.15, -0.1) is 0 Å². The molecule has 0 unspecified atom stereocenters. The molecule has 0 spiro atoms. The number of rotatable bonds is 5. The fraction of sp³-hybridized carbons (Fsp3) is 0.250. The first-order valence-electron chi connectivity index (χ1n) is 8.97. The molecule has 1 saturated heterocycles. The number of hydrogen-bond acceptors (Lipinski definition) is 8. The van der Waals surface area contributed by atoms with Crippen molar-refractivity contribution in [2.75, 3.05) is 19.1 Å². The third-order valence-corrected chi connectivity index (χ3v) is 5.21. The minimum atomic E-state index is -1.14. The van der Waals surface area contributed by atoms with Gasteiger partial charge < -0.3 is 14.3 Å². The molecule has 0 aromatic heterocycles. The molecule has 2 amide bonds. The van der Waals surface area contributed by atoms with Crippen molar-refractivity contribution in [2.45, 2.75) is 13.0 Å². The van der Waals surface area contributed by atoms with Crippen molar-refractivity contribution in [3.05, 3.63) is 57.6 Å². The number of benzene rings is 2. The van der Waals surface area contributed by atoms with Gasteiger partial charge in [-0.05, 0) is 25.1 Å². The third-order valence-electron chi connectivity index (χ3n) is 5.21. The lowest BCUT2D eigenvalue weighted by Crippen LogP contribution is -2.33. The highest BCUT2D eigenvalue weighted by Crippen LogP contribution is 2.40. The summed E-state index contributed by atoms with van der Waals surface area (Å²) < 4.78 is 10.6. The van der Waals surface area contributed by atoms with E-state index in [-0.39, 0.29) is 22.6 Å². The Labute approximate surface area is 170 Å². The van der Waals surface area contributed by atoms with Crippen LogP contribution in [0.5, 0.6) is 11.5 Å². The van der Waals surface area contributed by atoms with Crippen molar-refractivity contribution in [3.63, 3.8) is 0 Å². The van der Waals surface area contributed by atoms with E-state index in [2.05, 4.69) is 5.16 Å². The van der Waals surface area contributed by atoms with E-state index in [0.29, 0.717) is 17.1 Å². The van der Waals surface area contributed by atoms with E-state index >= 15 is 0 Å². The van der Waals surface area contributed by atoms with Gasteiger partial charge >= 0.3 is 0 Å². The summed E-state index contributed by atoms with van der Waals surface area (Å²) in [6.45, 7) is 1.49. The van der Waals surface area contributed by atoms with Crippen molar-refractivity contribution < 1.29 is 28.8 Å². The first kappa shape index (κ1) is 19.4. The Morgan fingerprint density at radius 1 is 1.13 bits per heavy atom. The largest absolute Gasteiger partial charge is 0.497 e. The predicted molar refractivity (Wildman–Crippen MR) is 105 cm³/mol. The van der Waals surface area contributed by atoms with E-state index in [1.54, 1.807) is 18.2 Å².